The second-order valence-electron chi connectivity index (χ2n) is 4.80. The molecule has 0 amide bonds. The summed E-state index contributed by atoms with van der Waals surface area (Å²) in [6.45, 7) is 6.78. The lowest BCUT2D eigenvalue weighted by Crippen LogP contribution is -2.16. The first-order valence-corrected chi connectivity index (χ1v) is 8.64. The van der Waals surface area contributed by atoms with E-state index in [-0.39, 0.29) is 0 Å². The molecule has 1 N–H and O–H groups in total. The Kier molecular flexibility index (Phi) is 2.41. The fraction of sp³-hybridized carbons (Fsp3) is 0.231. The molecule has 76 valence electrons. The number of hydrogen-bond donors (Lipinski definition) is 1. The van der Waals surface area contributed by atoms with Crippen LogP contribution in [-0.2, 0) is 0 Å². The maximum Gasteiger partial charge on any atom is 0.129 e. The smallest absolute Gasteiger partial charge is 0.129 e. The number of aromatic nitrogens is 1. The van der Waals surface area contributed by atoms with Crippen molar-refractivity contribution in [2.24, 2.45) is 0 Å². The predicted octanol–water partition coefficient (Wildman–Crippen LogP) is 3.40. The molecule has 1 heterocycles. The zero-order chi connectivity index (χ0) is 10.9. The Balaban J connectivity index is 2.39. The fourth-order valence-electron chi connectivity index (χ4n) is 1.39. The molecule has 2 aromatic rings. The Morgan fingerprint density at radius 3 is 2.53 bits per heavy atom. The predicted molar refractivity (Wildman–Crippen MR) is 68.5 cm³/mol. The van der Waals surface area contributed by atoms with E-state index in [2.05, 4.69) is 54.3 Å². The van der Waals surface area contributed by atoms with Gasteiger partial charge in [-0.15, -0.1) is 5.54 Å². The highest BCUT2D eigenvalue weighted by Gasteiger charge is 2.07. The highest BCUT2D eigenvalue weighted by molar-refractivity contribution is 6.83. The number of H-pyrrole nitrogens is 1. The second-order valence-corrected chi connectivity index (χ2v) is 9.55. The number of aromatic amines is 1. The number of fused-ring (bicyclic) bond motifs is 1. The van der Waals surface area contributed by atoms with E-state index in [1.165, 1.54) is 10.8 Å². The maximum atomic E-state index is 3.37. The van der Waals surface area contributed by atoms with E-state index in [1.807, 2.05) is 12.4 Å². The van der Waals surface area contributed by atoms with Crippen molar-refractivity contribution in [3.63, 3.8) is 0 Å². The third kappa shape index (κ3) is 2.51. The van der Waals surface area contributed by atoms with Crippen LogP contribution in [-0.4, -0.2) is 13.1 Å². The highest BCUT2D eigenvalue weighted by Crippen LogP contribution is 2.14. The molecule has 0 aliphatic carbocycles. The van der Waals surface area contributed by atoms with Crippen LogP contribution in [0.25, 0.3) is 10.8 Å². The molecule has 1 nitrogen and oxygen atoms in total. The molecule has 0 aliphatic heterocycles. The quantitative estimate of drug-likeness (QED) is 0.510. The van der Waals surface area contributed by atoms with E-state index in [1.54, 1.807) is 0 Å². The van der Waals surface area contributed by atoms with Gasteiger partial charge in [0, 0.05) is 23.3 Å². The largest absolute Gasteiger partial charge is 0.366 e. The van der Waals surface area contributed by atoms with Gasteiger partial charge in [0.05, 0.1) is 0 Å². The van der Waals surface area contributed by atoms with Crippen LogP contribution < -0.4 is 0 Å². The summed E-state index contributed by atoms with van der Waals surface area (Å²) < 4.78 is 0. The number of benzene rings is 1. The van der Waals surface area contributed by atoms with Gasteiger partial charge in [-0.25, -0.2) is 0 Å². The van der Waals surface area contributed by atoms with Crippen molar-refractivity contribution in [3.8, 4) is 11.5 Å². The zero-order valence-corrected chi connectivity index (χ0v) is 10.4. The SMILES string of the molecule is C[Si](C)(C)C#Cc1ccc2c[nH]cc2c1. The summed E-state index contributed by atoms with van der Waals surface area (Å²) in [4.78, 5) is 3.10. The lowest BCUT2D eigenvalue weighted by atomic mass is 10.1. The Morgan fingerprint density at radius 2 is 1.80 bits per heavy atom. The summed E-state index contributed by atoms with van der Waals surface area (Å²) in [5.74, 6) is 3.26. The van der Waals surface area contributed by atoms with Crippen LogP contribution in [0.5, 0.6) is 0 Å². The Morgan fingerprint density at radius 1 is 1.07 bits per heavy atom. The Hall–Kier alpha value is -1.46. The minimum atomic E-state index is -1.26. The third-order valence-electron chi connectivity index (χ3n) is 2.15. The normalized spacial score (nSPS) is 11.1. The first-order valence-electron chi connectivity index (χ1n) is 5.14. The van der Waals surface area contributed by atoms with Crippen LogP contribution in [0.1, 0.15) is 5.56 Å². The van der Waals surface area contributed by atoms with E-state index in [0.717, 1.165) is 5.56 Å². The van der Waals surface area contributed by atoms with E-state index >= 15 is 0 Å². The fourth-order valence-corrected chi connectivity index (χ4v) is 1.91. The van der Waals surface area contributed by atoms with Gasteiger partial charge in [-0.1, -0.05) is 31.6 Å². The Labute approximate surface area is 91.5 Å². The average molecular weight is 213 g/mol. The van der Waals surface area contributed by atoms with Crippen LogP contribution >= 0.6 is 0 Å². The van der Waals surface area contributed by atoms with E-state index in [0.29, 0.717) is 0 Å². The molecule has 1 aromatic carbocycles. The van der Waals surface area contributed by atoms with Crippen molar-refractivity contribution in [2.45, 2.75) is 19.6 Å². The lowest BCUT2D eigenvalue weighted by Gasteiger charge is -2.03. The van der Waals surface area contributed by atoms with Crippen LogP contribution in [0.3, 0.4) is 0 Å². The van der Waals surface area contributed by atoms with Crippen LogP contribution in [0.2, 0.25) is 19.6 Å². The van der Waals surface area contributed by atoms with Crippen molar-refractivity contribution in [1.82, 2.24) is 4.98 Å². The molecular weight excluding hydrogens is 198 g/mol. The van der Waals surface area contributed by atoms with Crippen LogP contribution in [0, 0.1) is 11.5 Å². The number of nitrogens with one attached hydrogen (secondary N) is 1. The minimum Gasteiger partial charge on any atom is -0.366 e. The Bertz CT molecular complexity index is 535. The molecule has 0 aliphatic rings. The summed E-state index contributed by atoms with van der Waals surface area (Å²) in [5.41, 5.74) is 4.49. The number of rotatable bonds is 0. The number of hydrogen-bond acceptors (Lipinski definition) is 0. The van der Waals surface area contributed by atoms with Gasteiger partial charge < -0.3 is 4.98 Å². The molecule has 0 saturated carbocycles. The van der Waals surface area contributed by atoms with Crippen molar-refractivity contribution in [3.05, 3.63) is 36.2 Å². The molecule has 0 unspecified atom stereocenters. The lowest BCUT2D eigenvalue weighted by molar-refractivity contribution is 1.43. The van der Waals surface area contributed by atoms with Gasteiger partial charge in [-0.05, 0) is 17.5 Å². The van der Waals surface area contributed by atoms with Crippen molar-refractivity contribution < 1.29 is 0 Å². The van der Waals surface area contributed by atoms with Gasteiger partial charge in [-0.3, -0.25) is 0 Å². The topological polar surface area (TPSA) is 15.8 Å². The van der Waals surface area contributed by atoms with E-state index < -0.39 is 8.07 Å². The molecule has 2 heteroatoms. The molecule has 0 fully saturated rings. The van der Waals surface area contributed by atoms with Crippen LogP contribution in [0.4, 0.5) is 0 Å². The molecule has 1 aromatic heterocycles. The van der Waals surface area contributed by atoms with Crippen LogP contribution in [0.15, 0.2) is 30.6 Å². The minimum absolute atomic E-state index is 1.12. The molecule has 15 heavy (non-hydrogen) atoms. The average Bonchev–Trinajstić information content (AvgIpc) is 2.60. The van der Waals surface area contributed by atoms with Gasteiger partial charge >= 0.3 is 0 Å². The van der Waals surface area contributed by atoms with Gasteiger partial charge in [0.15, 0.2) is 0 Å². The second kappa shape index (κ2) is 3.60. The summed E-state index contributed by atoms with van der Waals surface area (Å²) in [5, 5.41) is 2.48. The van der Waals surface area contributed by atoms with Crippen molar-refractivity contribution in [2.75, 3.05) is 0 Å². The summed E-state index contributed by atoms with van der Waals surface area (Å²) in [6.07, 6.45) is 4.01. The van der Waals surface area contributed by atoms with E-state index in [9.17, 15) is 0 Å². The summed E-state index contributed by atoms with van der Waals surface area (Å²) in [7, 11) is -1.26. The summed E-state index contributed by atoms with van der Waals surface area (Å²) >= 11 is 0. The third-order valence-corrected chi connectivity index (χ3v) is 3.02. The van der Waals surface area contributed by atoms with Crippen molar-refractivity contribution >= 4 is 18.8 Å². The maximum absolute atomic E-state index is 3.37. The first kappa shape index (κ1) is 10.1. The molecule has 0 bridgehead atoms. The van der Waals surface area contributed by atoms with Gasteiger partial charge in [0.2, 0.25) is 0 Å². The van der Waals surface area contributed by atoms with Gasteiger partial charge in [0.25, 0.3) is 0 Å². The molecular formula is C13H15NSi. The summed E-state index contributed by atoms with van der Waals surface area (Å²) in [6, 6.07) is 6.34. The first-order chi connectivity index (χ1) is 7.04. The molecule has 0 spiro atoms. The zero-order valence-electron chi connectivity index (χ0n) is 9.39. The van der Waals surface area contributed by atoms with Gasteiger partial charge in [0.1, 0.15) is 8.07 Å². The van der Waals surface area contributed by atoms with E-state index in [4.69, 9.17) is 0 Å². The standard InChI is InChI=1S/C13H15NSi/c1-15(2,3)7-6-11-4-5-12-9-14-10-13(12)8-11/h4-5,8-10,14H,1-3H3. The monoisotopic (exact) mass is 213 g/mol. The molecule has 0 radical (unpaired) electrons. The van der Waals surface area contributed by atoms with Gasteiger partial charge in [-0.2, -0.15) is 0 Å². The molecule has 0 saturated heterocycles. The molecule has 2 rings (SSSR count). The highest BCUT2D eigenvalue weighted by atomic mass is 28.3. The molecule has 0 atom stereocenters. The van der Waals surface area contributed by atoms with Crippen molar-refractivity contribution in [1.29, 1.82) is 0 Å².